The summed E-state index contributed by atoms with van der Waals surface area (Å²) in [6.45, 7) is 5.65. The van der Waals surface area contributed by atoms with Crippen molar-refractivity contribution in [2.75, 3.05) is 19.6 Å². The third-order valence-corrected chi connectivity index (χ3v) is 3.35. The number of nitrogens with one attached hydrogen (secondary N) is 2. The van der Waals surface area contributed by atoms with Crippen LogP contribution < -0.4 is 10.6 Å². The fraction of sp³-hybridized carbons (Fsp3) is 0.692. The van der Waals surface area contributed by atoms with Gasteiger partial charge in [0.25, 0.3) is 0 Å². The molecule has 0 amide bonds. The molecule has 0 saturated carbocycles. The molecule has 0 aromatic rings. The van der Waals surface area contributed by atoms with Crippen molar-refractivity contribution in [1.82, 2.24) is 10.6 Å². The molecule has 0 saturated heterocycles. The molecule has 0 fully saturated rings. The first-order chi connectivity index (χ1) is 7.34. The highest BCUT2D eigenvalue weighted by Crippen LogP contribution is 2.16. The van der Waals surface area contributed by atoms with Gasteiger partial charge in [-0.25, -0.2) is 0 Å². The van der Waals surface area contributed by atoms with Gasteiger partial charge in [-0.1, -0.05) is 23.3 Å². The van der Waals surface area contributed by atoms with Crippen molar-refractivity contribution < 1.29 is 0 Å². The molecular weight excluding hydrogens is 184 g/mol. The Bertz CT molecular complexity index is 266. The van der Waals surface area contributed by atoms with Gasteiger partial charge in [0, 0.05) is 12.6 Å². The third-order valence-electron chi connectivity index (χ3n) is 3.35. The minimum absolute atomic E-state index is 0.620. The normalized spacial score (nSPS) is 27.1. The lowest BCUT2D eigenvalue weighted by molar-refractivity contribution is 0.523. The Morgan fingerprint density at radius 2 is 2.27 bits per heavy atom. The molecule has 2 N–H and O–H groups in total. The average molecular weight is 206 g/mol. The molecule has 15 heavy (non-hydrogen) atoms. The van der Waals surface area contributed by atoms with E-state index in [0.717, 1.165) is 13.1 Å². The maximum absolute atomic E-state index is 3.57. The van der Waals surface area contributed by atoms with Crippen LogP contribution in [0.4, 0.5) is 0 Å². The minimum atomic E-state index is 0.620. The fourth-order valence-electron chi connectivity index (χ4n) is 2.36. The Labute approximate surface area is 92.8 Å². The van der Waals surface area contributed by atoms with Gasteiger partial charge in [0.1, 0.15) is 0 Å². The van der Waals surface area contributed by atoms with Crippen molar-refractivity contribution in [3.63, 3.8) is 0 Å². The monoisotopic (exact) mass is 206 g/mol. The predicted octanol–water partition coefficient (Wildman–Crippen LogP) is 1.99. The first kappa shape index (κ1) is 10.9. The molecule has 2 nitrogen and oxygen atoms in total. The predicted molar refractivity (Wildman–Crippen MR) is 65.0 cm³/mol. The van der Waals surface area contributed by atoms with E-state index in [9.17, 15) is 0 Å². The van der Waals surface area contributed by atoms with Crippen LogP contribution in [0.1, 0.15) is 32.6 Å². The molecule has 84 valence electrons. The zero-order valence-corrected chi connectivity index (χ0v) is 9.68. The SMILES string of the molecule is CC1=CC(CCC2=CCNCC2)NCC1. The van der Waals surface area contributed by atoms with Crippen LogP contribution in [-0.4, -0.2) is 25.7 Å². The van der Waals surface area contributed by atoms with Crippen LogP contribution in [0.5, 0.6) is 0 Å². The highest BCUT2D eigenvalue weighted by molar-refractivity contribution is 5.11. The molecule has 1 unspecified atom stereocenters. The molecule has 0 aliphatic carbocycles. The Morgan fingerprint density at radius 1 is 1.33 bits per heavy atom. The molecule has 0 radical (unpaired) electrons. The van der Waals surface area contributed by atoms with E-state index in [1.54, 1.807) is 11.1 Å². The van der Waals surface area contributed by atoms with E-state index < -0.39 is 0 Å². The molecule has 0 aromatic heterocycles. The van der Waals surface area contributed by atoms with E-state index in [2.05, 4.69) is 29.7 Å². The molecular formula is C13H22N2. The van der Waals surface area contributed by atoms with Gasteiger partial charge in [-0.3, -0.25) is 0 Å². The van der Waals surface area contributed by atoms with Crippen molar-refractivity contribution in [2.45, 2.75) is 38.6 Å². The van der Waals surface area contributed by atoms with Gasteiger partial charge in [-0.2, -0.15) is 0 Å². The van der Waals surface area contributed by atoms with E-state index in [1.807, 2.05) is 0 Å². The average Bonchev–Trinajstić information content (AvgIpc) is 2.28. The van der Waals surface area contributed by atoms with Crippen LogP contribution in [0.25, 0.3) is 0 Å². The topological polar surface area (TPSA) is 24.1 Å². The van der Waals surface area contributed by atoms with Crippen LogP contribution >= 0.6 is 0 Å². The zero-order valence-electron chi connectivity index (χ0n) is 9.68. The summed E-state index contributed by atoms with van der Waals surface area (Å²) in [4.78, 5) is 0. The highest BCUT2D eigenvalue weighted by atomic mass is 14.9. The van der Waals surface area contributed by atoms with Gasteiger partial charge in [0.05, 0.1) is 0 Å². The van der Waals surface area contributed by atoms with Crippen molar-refractivity contribution in [3.05, 3.63) is 23.3 Å². The Kier molecular flexibility index (Phi) is 3.98. The van der Waals surface area contributed by atoms with Gasteiger partial charge in [0.2, 0.25) is 0 Å². The molecule has 0 bridgehead atoms. The van der Waals surface area contributed by atoms with Crippen molar-refractivity contribution >= 4 is 0 Å². The zero-order chi connectivity index (χ0) is 10.5. The third kappa shape index (κ3) is 3.47. The van der Waals surface area contributed by atoms with E-state index in [1.165, 1.54) is 32.2 Å². The molecule has 2 aliphatic rings. The largest absolute Gasteiger partial charge is 0.313 e. The van der Waals surface area contributed by atoms with Gasteiger partial charge in [-0.15, -0.1) is 0 Å². The van der Waals surface area contributed by atoms with Crippen LogP contribution in [0.15, 0.2) is 23.3 Å². The lowest BCUT2D eigenvalue weighted by atomic mass is 9.97. The van der Waals surface area contributed by atoms with E-state index in [0.29, 0.717) is 6.04 Å². The Hall–Kier alpha value is -0.600. The molecule has 2 heteroatoms. The molecule has 2 aliphatic heterocycles. The van der Waals surface area contributed by atoms with Crippen LogP contribution in [-0.2, 0) is 0 Å². The fourth-order valence-corrected chi connectivity index (χ4v) is 2.36. The second-order valence-corrected chi connectivity index (χ2v) is 4.68. The Balaban J connectivity index is 1.77. The number of hydrogen-bond donors (Lipinski definition) is 2. The van der Waals surface area contributed by atoms with E-state index in [4.69, 9.17) is 0 Å². The summed E-state index contributed by atoms with van der Waals surface area (Å²) in [5, 5.41) is 6.93. The summed E-state index contributed by atoms with van der Waals surface area (Å²) >= 11 is 0. The summed E-state index contributed by atoms with van der Waals surface area (Å²) in [5.41, 5.74) is 3.20. The molecule has 2 rings (SSSR count). The first-order valence-corrected chi connectivity index (χ1v) is 6.14. The van der Waals surface area contributed by atoms with Gasteiger partial charge in [0.15, 0.2) is 0 Å². The smallest absolute Gasteiger partial charge is 0.0255 e. The van der Waals surface area contributed by atoms with E-state index in [-0.39, 0.29) is 0 Å². The maximum atomic E-state index is 3.57. The van der Waals surface area contributed by atoms with Gasteiger partial charge >= 0.3 is 0 Å². The van der Waals surface area contributed by atoms with Crippen LogP contribution in [0.3, 0.4) is 0 Å². The second kappa shape index (κ2) is 5.47. The van der Waals surface area contributed by atoms with Crippen LogP contribution in [0.2, 0.25) is 0 Å². The van der Waals surface area contributed by atoms with Crippen LogP contribution in [0, 0.1) is 0 Å². The quantitative estimate of drug-likeness (QED) is 0.690. The molecule has 0 aromatic carbocycles. The maximum Gasteiger partial charge on any atom is 0.0255 e. The summed E-state index contributed by atoms with van der Waals surface area (Å²) in [5.74, 6) is 0. The summed E-state index contributed by atoms with van der Waals surface area (Å²) in [6, 6.07) is 0.620. The highest BCUT2D eigenvalue weighted by Gasteiger charge is 2.11. The number of hydrogen-bond acceptors (Lipinski definition) is 2. The van der Waals surface area contributed by atoms with Gasteiger partial charge < -0.3 is 10.6 Å². The van der Waals surface area contributed by atoms with Crippen molar-refractivity contribution in [3.8, 4) is 0 Å². The van der Waals surface area contributed by atoms with Crippen molar-refractivity contribution in [2.24, 2.45) is 0 Å². The van der Waals surface area contributed by atoms with E-state index >= 15 is 0 Å². The minimum Gasteiger partial charge on any atom is -0.313 e. The molecule has 2 heterocycles. The molecule has 1 atom stereocenters. The van der Waals surface area contributed by atoms with Crippen molar-refractivity contribution in [1.29, 1.82) is 0 Å². The standard InChI is InChI=1S/C13H22N2/c1-11-4-9-15-13(10-11)3-2-12-5-7-14-8-6-12/h5,10,13-15H,2-4,6-9H2,1H3. The second-order valence-electron chi connectivity index (χ2n) is 4.68. The summed E-state index contributed by atoms with van der Waals surface area (Å²) < 4.78 is 0. The lowest BCUT2D eigenvalue weighted by Crippen LogP contribution is -2.32. The first-order valence-electron chi connectivity index (χ1n) is 6.14. The number of rotatable bonds is 3. The summed E-state index contributed by atoms with van der Waals surface area (Å²) in [6.07, 6.45) is 9.78. The molecule has 0 spiro atoms. The Morgan fingerprint density at radius 3 is 3.00 bits per heavy atom. The summed E-state index contributed by atoms with van der Waals surface area (Å²) in [7, 11) is 0. The lowest BCUT2D eigenvalue weighted by Gasteiger charge is -2.22. The van der Waals surface area contributed by atoms with Gasteiger partial charge in [-0.05, 0) is 45.7 Å².